The zero-order valence-electron chi connectivity index (χ0n) is 11.6. The van der Waals surface area contributed by atoms with Gasteiger partial charge in [0, 0.05) is 38.1 Å². The molecule has 0 saturated heterocycles. The van der Waals surface area contributed by atoms with Crippen LogP contribution in [0.3, 0.4) is 0 Å². The Morgan fingerprint density at radius 3 is 2.55 bits per heavy atom. The molecule has 2 N–H and O–H groups in total. The standard InChI is InChI=1S/C16H19N3O/c1-19(10-8-14-3-2-9-18-12-14)16(20)15-6-4-13(11-17)5-7-15/h2-7,9,12H,8,10-11,17H2,1H3. The normalized spacial score (nSPS) is 10.3. The number of likely N-dealkylation sites (N-methyl/N-ethyl adjacent to an activating group) is 1. The first-order valence-electron chi connectivity index (χ1n) is 6.64. The van der Waals surface area contributed by atoms with Crippen molar-refractivity contribution in [2.24, 2.45) is 5.73 Å². The first-order chi connectivity index (χ1) is 9.70. The van der Waals surface area contributed by atoms with E-state index in [0.717, 1.165) is 17.5 Å². The number of pyridine rings is 1. The van der Waals surface area contributed by atoms with Crippen LogP contribution in [-0.2, 0) is 13.0 Å². The molecule has 0 aliphatic rings. The number of amides is 1. The molecule has 104 valence electrons. The van der Waals surface area contributed by atoms with E-state index in [4.69, 9.17) is 5.73 Å². The topological polar surface area (TPSA) is 59.2 Å². The van der Waals surface area contributed by atoms with Crippen LogP contribution in [0, 0.1) is 0 Å². The maximum Gasteiger partial charge on any atom is 0.253 e. The first-order valence-corrected chi connectivity index (χ1v) is 6.64. The number of rotatable bonds is 5. The number of benzene rings is 1. The smallest absolute Gasteiger partial charge is 0.253 e. The molecule has 1 aromatic carbocycles. The molecule has 0 fully saturated rings. The number of hydrogen-bond donors (Lipinski definition) is 1. The predicted molar refractivity (Wildman–Crippen MR) is 79.2 cm³/mol. The number of aromatic nitrogens is 1. The Kier molecular flexibility index (Phi) is 4.85. The van der Waals surface area contributed by atoms with E-state index in [0.29, 0.717) is 18.7 Å². The number of nitrogens with zero attached hydrogens (tertiary/aromatic N) is 2. The second-order valence-electron chi connectivity index (χ2n) is 4.74. The van der Waals surface area contributed by atoms with Gasteiger partial charge < -0.3 is 10.6 Å². The minimum atomic E-state index is 0.0254. The second kappa shape index (κ2) is 6.82. The fourth-order valence-electron chi connectivity index (χ4n) is 1.95. The predicted octanol–water partition coefficient (Wildman–Crippen LogP) is 1.85. The van der Waals surface area contributed by atoms with E-state index in [9.17, 15) is 4.79 Å². The van der Waals surface area contributed by atoms with Crippen LogP contribution in [0.5, 0.6) is 0 Å². The highest BCUT2D eigenvalue weighted by Crippen LogP contribution is 2.07. The summed E-state index contributed by atoms with van der Waals surface area (Å²) in [6, 6.07) is 11.4. The molecule has 2 aromatic rings. The fraction of sp³-hybridized carbons (Fsp3) is 0.250. The van der Waals surface area contributed by atoms with E-state index in [1.54, 1.807) is 11.1 Å². The van der Waals surface area contributed by atoms with Crippen LogP contribution in [0.2, 0.25) is 0 Å². The van der Waals surface area contributed by atoms with E-state index in [1.165, 1.54) is 0 Å². The van der Waals surface area contributed by atoms with Crippen molar-refractivity contribution < 1.29 is 4.79 Å². The van der Waals surface area contributed by atoms with Crippen molar-refractivity contribution in [1.82, 2.24) is 9.88 Å². The molecule has 0 atom stereocenters. The summed E-state index contributed by atoms with van der Waals surface area (Å²) in [6.45, 7) is 1.16. The number of carbonyl (C=O) groups is 1. The van der Waals surface area contributed by atoms with Crippen LogP contribution in [0.1, 0.15) is 21.5 Å². The van der Waals surface area contributed by atoms with Gasteiger partial charge in [0.25, 0.3) is 5.91 Å². The van der Waals surface area contributed by atoms with Gasteiger partial charge >= 0.3 is 0 Å². The fourth-order valence-corrected chi connectivity index (χ4v) is 1.95. The Balaban J connectivity index is 1.94. The molecular weight excluding hydrogens is 250 g/mol. The van der Waals surface area contributed by atoms with Gasteiger partial charge in [-0.05, 0) is 35.7 Å². The minimum absolute atomic E-state index is 0.0254. The third-order valence-corrected chi connectivity index (χ3v) is 3.24. The highest BCUT2D eigenvalue weighted by atomic mass is 16.2. The van der Waals surface area contributed by atoms with Crippen LogP contribution in [0.4, 0.5) is 0 Å². The van der Waals surface area contributed by atoms with Gasteiger partial charge in [0.15, 0.2) is 0 Å². The van der Waals surface area contributed by atoms with Gasteiger partial charge in [-0.3, -0.25) is 9.78 Å². The lowest BCUT2D eigenvalue weighted by atomic mass is 10.1. The molecule has 0 saturated carbocycles. The lowest BCUT2D eigenvalue weighted by molar-refractivity contribution is 0.0796. The third-order valence-electron chi connectivity index (χ3n) is 3.24. The SMILES string of the molecule is CN(CCc1cccnc1)C(=O)c1ccc(CN)cc1. The molecule has 20 heavy (non-hydrogen) atoms. The average Bonchev–Trinajstić information content (AvgIpc) is 2.53. The minimum Gasteiger partial charge on any atom is -0.341 e. The van der Waals surface area contributed by atoms with Crippen molar-refractivity contribution in [2.45, 2.75) is 13.0 Å². The summed E-state index contributed by atoms with van der Waals surface area (Å²) in [5.41, 5.74) is 8.39. The van der Waals surface area contributed by atoms with Crippen LogP contribution in [-0.4, -0.2) is 29.4 Å². The van der Waals surface area contributed by atoms with Gasteiger partial charge in [0.05, 0.1) is 0 Å². The van der Waals surface area contributed by atoms with Gasteiger partial charge in [0.2, 0.25) is 0 Å². The van der Waals surface area contributed by atoms with Crippen LogP contribution in [0.15, 0.2) is 48.8 Å². The Hall–Kier alpha value is -2.20. The molecule has 1 amide bonds. The van der Waals surface area contributed by atoms with E-state index in [2.05, 4.69) is 4.98 Å². The van der Waals surface area contributed by atoms with Gasteiger partial charge in [0.1, 0.15) is 0 Å². The summed E-state index contributed by atoms with van der Waals surface area (Å²) in [4.78, 5) is 18.0. The van der Waals surface area contributed by atoms with Crippen LogP contribution in [0.25, 0.3) is 0 Å². The van der Waals surface area contributed by atoms with Crippen LogP contribution < -0.4 is 5.73 Å². The van der Waals surface area contributed by atoms with Gasteiger partial charge in [-0.15, -0.1) is 0 Å². The Morgan fingerprint density at radius 2 is 1.95 bits per heavy atom. The quantitative estimate of drug-likeness (QED) is 0.901. The number of nitrogens with two attached hydrogens (primary N) is 1. The first kappa shape index (κ1) is 14.2. The molecule has 4 nitrogen and oxygen atoms in total. The molecule has 0 aliphatic carbocycles. The second-order valence-corrected chi connectivity index (χ2v) is 4.74. The van der Waals surface area contributed by atoms with Crippen molar-refractivity contribution >= 4 is 5.91 Å². The van der Waals surface area contributed by atoms with Gasteiger partial charge in [-0.1, -0.05) is 18.2 Å². The molecule has 0 unspecified atom stereocenters. The summed E-state index contributed by atoms with van der Waals surface area (Å²) in [5.74, 6) is 0.0254. The molecule has 0 bridgehead atoms. The summed E-state index contributed by atoms with van der Waals surface area (Å²) < 4.78 is 0. The number of carbonyl (C=O) groups excluding carboxylic acids is 1. The van der Waals surface area contributed by atoms with E-state index < -0.39 is 0 Å². The monoisotopic (exact) mass is 269 g/mol. The molecule has 4 heteroatoms. The van der Waals surface area contributed by atoms with Crippen molar-refractivity contribution in [1.29, 1.82) is 0 Å². The van der Waals surface area contributed by atoms with Gasteiger partial charge in [-0.25, -0.2) is 0 Å². The summed E-state index contributed by atoms with van der Waals surface area (Å²) in [5, 5.41) is 0. The van der Waals surface area contributed by atoms with Gasteiger partial charge in [-0.2, -0.15) is 0 Å². The average molecular weight is 269 g/mol. The van der Waals surface area contributed by atoms with E-state index in [-0.39, 0.29) is 5.91 Å². The summed E-state index contributed by atoms with van der Waals surface area (Å²) >= 11 is 0. The summed E-state index contributed by atoms with van der Waals surface area (Å²) in [7, 11) is 1.82. The van der Waals surface area contributed by atoms with E-state index >= 15 is 0 Å². The lowest BCUT2D eigenvalue weighted by Crippen LogP contribution is -2.28. The largest absolute Gasteiger partial charge is 0.341 e. The van der Waals surface area contributed by atoms with Crippen molar-refractivity contribution in [3.05, 3.63) is 65.5 Å². The van der Waals surface area contributed by atoms with Crippen molar-refractivity contribution in [3.8, 4) is 0 Å². The number of hydrogen-bond acceptors (Lipinski definition) is 3. The Bertz CT molecular complexity index is 552. The molecule has 1 aromatic heterocycles. The molecule has 0 spiro atoms. The van der Waals surface area contributed by atoms with Crippen molar-refractivity contribution in [3.63, 3.8) is 0 Å². The molecular formula is C16H19N3O. The molecule has 0 aliphatic heterocycles. The summed E-state index contributed by atoms with van der Waals surface area (Å²) in [6.07, 6.45) is 4.38. The lowest BCUT2D eigenvalue weighted by Gasteiger charge is -2.17. The maximum absolute atomic E-state index is 12.2. The highest BCUT2D eigenvalue weighted by molar-refractivity contribution is 5.94. The van der Waals surface area contributed by atoms with E-state index in [1.807, 2.05) is 49.6 Å². The molecule has 0 radical (unpaired) electrons. The van der Waals surface area contributed by atoms with Crippen LogP contribution >= 0.6 is 0 Å². The third kappa shape index (κ3) is 3.65. The molecule has 1 heterocycles. The zero-order valence-corrected chi connectivity index (χ0v) is 11.6. The van der Waals surface area contributed by atoms with Crippen molar-refractivity contribution in [2.75, 3.05) is 13.6 Å². The molecule has 2 rings (SSSR count). The maximum atomic E-state index is 12.2. The Morgan fingerprint density at radius 1 is 1.20 bits per heavy atom. The zero-order chi connectivity index (χ0) is 14.4. The Labute approximate surface area is 119 Å². The highest BCUT2D eigenvalue weighted by Gasteiger charge is 2.11.